The Bertz CT molecular complexity index is 1380. The van der Waals surface area contributed by atoms with Crippen LogP contribution in [0, 0.1) is 5.92 Å². The molecule has 0 aromatic carbocycles. The van der Waals surface area contributed by atoms with Gasteiger partial charge in [0.05, 0.1) is 43.0 Å². The molecule has 3 aromatic heterocycles. The maximum atomic E-state index is 13.9. The van der Waals surface area contributed by atoms with E-state index in [4.69, 9.17) is 4.52 Å². The molecular weight excluding hydrogens is 548 g/mol. The average Bonchev–Trinajstić information content (AvgIpc) is 3.61. The molecule has 1 aliphatic heterocycles. The fourth-order valence-electron chi connectivity index (χ4n) is 5.06. The van der Waals surface area contributed by atoms with E-state index in [9.17, 15) is 35.9 Å². The third-order valence-electron chi connectivity index (χ3n) is 7.21. The molecular formula is C24H25F6N7O3. The van der Waals surface area contributed by atoms with Crippen LogP contribution in [0.4, 0.5) is 31.1 Å². The average molecular weight is 573 g/mol. The van der Waals surface area contributed by atoms with Crippen molar-refractivity contribution in [3.05, 3.63) is 47.2 Å². The summed E-state index contributed by atoms with van der Waals surface area (Å²) in [5.41, 5.74) is 1.17. The molecule has 1 saturated carbocycles. The van der Waals surface area contributed by atoms with Crippen molar-refractivity contribution < 1.29 is 40.5 Å². The molecule has 0 bridgehead atoms. The zero-order chi connectivity index (χ0) is 28.7. The van der Waals surface area contributed by atoms with E-state index >= 15 is 0 Å². The van der Waals surface area contributed by atoms with Crippen LogP contribution in [0.25, 0.3) is 5.65 Å². The second-order valence-corrected chi connectivity index (χ2v) is 10.0. The minimum absolute atomic E-state index is 0.0222. The van der Waals surface area contributed by atoms with Crippen LogP contribution in [0.5, 0.6) is 0 Å². The van der Waals surface area contributed by atoms with Gasteiger partial charge in [0.25, 0.3) is 5.91 Å². The fraction of sp³-hybridized carbons (Fsp3) is 0.542. The highest BCUT2D eigenvalue weighted by molar-refractivity contribution is 5.95. The normalized spacial score (nSPS) is 20.6. The summed E-state index contributed by atoms with van der Waals surface area (Å²) in [6.45, 7) is -1.46. The molecule has 2 atom stereocenters. The summed E-state index contributed by atoms with van der Waals surface area (Å²) in [7, 11) is 0. The Morgan fingerprint density at radius 2 is 2.02 bits per heavy atom. The van der Waals surface area contributed by atoms with Crippen LogP contribution in [-0.4, -0.2) is 68.0 Å². The highest BCUT2D eigenvalue weighted by atomic mass is 19.4. The van der Waals surface area contributed by atoms with E-state index in [1.54, 1.807) is 0 Å². The second kappa shape index (κ2) is 10.6. The standard InChI is InChI=1S/C24H25F6N7O3/c25-6-3-16-15(12-40-35-16)21(38)34-20(14-1-4-23(26,27)5-2-14)17-10-37-19(32-17)7-13(8-31-37)9-36-11-18(24(28,29)30)33-22(36)39/h7-8,10,12,14,18,20H,1-6,9,11H2,(H,33,39)(H,34,38)/t18-,20-/m0/s1. The van der Waals surface area contributed by atoms with Gasteiger partial charge in [-0.2, -0.15) is 18.3 Å². The maximum absolute atomic E-state index is 13.9. The van der Waals surface area contributed by atoms with E-state index in [0.717, 1.165) is 11.2 Å². The van der Waals surface area contributed by atoms with Crippen molar-refractivity contribution >= 4 is 17.6 Å². The Morgan fingerprint density at radius 1 is 1.27 bits per heavy atom. The van der Waals surface area contributed by atoms with Crippen LogP contribution in [0.15, 0.2) is 29.2 Å². The predicted octanol–water partition coefficient (Wildman–Crippen LogP) is 3.98. The van der Waals surface area contributed by atoms with Crippen molar-refractivity contribution in [3.8, 4) is 0 Å². The quantitative estimate of drug-likeness (QED) is 0.394. The van der Waals surface area contributed by atoms with E-state index in [-0.39, 0.29) is 55.6 Å². The number of imidazole rings is 1. The van der Waals surface area contributed by atoms with Crippen molar-refractivity contribution in [2.45, 2.75) is 62.8 Å². The molecule has 40 heavy (non-hydrogen) atoms. The van der Waals surface area contributed by atoms with Crippen LogP contribution >= 0.6 is 0 Å². The summed E-state index contributed by atoms with van der Waals surface area (Å²) < 4.78 is 85.9. The minimum atomic E-state index is -4.58. The number of nitrogens with zero attached hydrogens (tertiary/aromatic N) is 5. The van der Waals surface area contributed by atoms with Gasteiger partial charge in [-0.25, -0.2) is 23.1 Å². The number of carbonyl (C=O) groups excluding carboxylic acids is 2. The van der Waals surface area contributed by atoms with Gasteiger partial charge in [0.2, 0.25) is 5.92 Å². The first-order valence-electron chi connectivity index (χ1n) is 12.6. The summed E-state index contributed by atoms with van der Waals surface area (Å²) in [6, 6.07) is -2.10. The molecule has 1 aliphatic carbocycles. The number of hydrogen-bond acceptors (Lipinski definition) is 6. The third kappa shape index (κ3) is 5.84. The van der Waals surface area contributed by atoms with Gasteiger partial charge in [-0.1, -0.05) is 5.16 Å². The molecule has 1 saturated heterocycles. The van der Waals surface area contributed by atoms with E-state index in [0.29, 0.717) is 11.3 Å². The molecule has 216 valence electrons. The minimum Gasteiger partial charge on any atom is -0.364 e. The number of hydrogen-bond donors (Lipinski definition) is 2. The third-order valence-corrected chi connectivity index (χ3v) is 7.21. The van der Waals surface area contributed by atoms with Crippen LogP contribution in [0.3, 0.4) is 0 Å². The van der Waals surface area contributed by atoms with Gasteiger partial charge in [-0.05, 0) is 30.4 Å². The topological polar surface area (TPSA) is 118 Å². The molecule has 0 unspecified atom stereocenters. The maximum Gasteiger partial charge on any atom is 0.410 e. The molecule has 2 aliphatic rings. The summed E-state index contributed by atoms with van der Waals surface area (Å²) in [6.07, 6.45) is -1.25. The molecule has 16 heteroatoms. The predicted molar refractivity (Wildman–Crippen MR) is 125 cm³/mol. The van der Waals surface area contributed by atoms with E-state index in [2.05, 4.69) is 20.6 Å². The van der Waals surface area contributed by atoms with Crippen LogP contribution in [0.2, 0.25) is 0 Å². The number of halogens is 6. The van der Waals surface area contributed by atoms with Crippen molar-refractivity contribution in [2.24, 2.45) is 5.92 Å². The molecule has 3 aromatic rings. The lowest BCUT2D eigenvalue weighted by molar-refractivity contribution is -0.149. The molecule has 4 heterocycles. The monoisotopic (exact) mass is 573 g/mol. The van der Waals surface area contributed by atoms with Gasteiger partial charge in [-0.3, -0.25) is 9.18 Å². The van der Waals surface area contributed by atoms with Crippen molar-refractivity contribution in [1.82, 2.24) is 35.3 Å². The van der Waals surface area contributed by atoms with Gasteiger partial charge < -0.3 is 20.1 Å². The lowest BCUT2D eigenvalue weighted by Gasteiger charge is -2.33. The summed E-state index contributed by atoms with van der Waals surface area (Å²) in [4.78, 5) is 30.7. The molecule has 0 spiro atoms. The number of urea groups is 1. The first-order valence-corrected chi connectivity index (χ1v) is 12.6. The Kier molecular flexibility index (Phi) is 7.35. The summed E-state index contributed by atoms with van der Waals surface area (Å²) in [5, 5.41) is 12.6. The van der Waals surface area contributed by atoms with E-state index in [1.807, 2.05) is 5.32 Å². The molecule has 2 N–H and O–H groups in total. The number of nitrogens with one attached hydrogen (secondary N) is 2. The van der Waals surface area contributed by atoms with Gasteiger partial charge in [0, 0.05) is 25.8 Å². The number of carbonyl (C=O) groups is 2. The SMILES string of the molecule is O=C(N[C@H](c1cn2ncc(CN3C[C@@H](C(F)(F)F)NC3=O)cc2n1)C1CCC(F)(F)CC1)c1conc1CCF. The number of fused-ring (bicyclic) bond motifs is 1. The van der Waals surface area contributed by atoms with Crippen molar-refractivity contribution in [3.63, 3.8) is 0 Å². The number of alkyl halides is 6. The molecule has 0 radical (unpaired) electrons. The first kappa shape index (κ1) is 27.7. The first-order chi connectivity index (χ1) is 18.9. The second-order valence-electron chi connectivity index (χ2n) is 10.0. The zero-order valence-electron chi connectivity index (χ0n) is 20.9. The zero-order valence-corrected chi connectivity index (χ0v) is 20.9. The molecule has 2 fully saturated rings. The number of amides is 3. The Morgan fingerprint density at radius 3 is 2.70 bits per heavy atom. The van der Waals surface area contributed by atoms with Crippen molar-refractivity contribution in [2.75, 3.05) is 13.2 Å². The largest absolute Gasteiger partial charge is 0.410 e. The Hall–Kier alpha value is -3.85. The van der Waals surface area contributed by atoms with Crippen LogP contribution in [-0.2, 0) is 13.0 Å². The molecule has 5 rings (SSSR count). The highest BCUT2D eigenvalue weighted by Crippen LogP contribution is 2.41. The lowest BCUT2D eigenvalue weighted by Crippen LogP contribution is -2.40. The highest BCUT2D eigenvalue weighted by Gasteiger charge is 2.47. The number of rotatable bonds is 8. The van der Waals surface area contributed by atoms with Crippen LogP contribution in [0.1, 0.15) is 59.0 Å². The van der Waals surface area contributed by atoms with Gasteiger partial charge in [0.1, 0.15) is 17.9 Å². The smallest absolute Gasteiger partial charge is 0.364 e. The lowest BCUT2D eigenvalue weighted by atomic mass is 9.81. The Labute approximate surface area is 223 Å². The number of aromatic nitrogens is 4. The van der Waals surface area contributed by atoms with E-state index in [1.165, 1.54) is 23.0 Å². The fourth-order valence-corrected chi connectivity index (χ4v) is 5.06. The Balaban J connectivity index is 1.39. The molecule has 3 amide bonds. The van der Waals surface area contributed by atoms with Gasteiger partial charge in [0.15, 0.2) is 5.65 Å². The van der Waals surface area contributed by atoms with E-state index < -0.39 is 55.3 Å². The van der Waals surface area contributed by atoms with Crippen molar-refractivity contribution in [1.29, 1.82) is 0 Å². The summed E-state index contributed by atoms with van der Waals surface area (Å²) >= 11 is 0. The van der Waals surface area contributed by atoms with Gasteiger partial charge >= 0.3 is 12.2 Å². The summed E-state index contributed by atoms with van der Waals surface area (Å²) in [5.74, 6) is -3.84. The van der Waals surface area contributed by atoms with Crippen LogP contribution < -0.4 is 10.6 Å². The van der Waals surface area contributed by atoms with Gasteiger partial charge in [-0.15, -0.1) is 0 Å². The number of aryl methyl sites for hydroxylation is 1. The molecule has 10 nitrogen and oxygen atoms in total.